The van der Waals surface area contributed by atoms with Gasteiger partial charge in [-0.2, -0.15) is 0 Å². The largest absolute Gasteiger partial charge is 0.459 e. The highest BCUT2D eigenvalue weighted by atomic mass is 16.5. The number of rotatable bonds is 5. The molecule has 0 bridgehead atoms. The molecule has 0 radical (unpaired) electrons. The van der Waals surface area contributed by atoms with Crippen molar-refractivity contribution in [2.24, 2.45) is 0 Å². The van der Waals surface area contributed by atoms with Crippen LogP contribution in [0.15, 0.2) is 11.6 Å². The number of esters is 1. The maximum atomic E-state index is 11.2. The minimum Gasteiger partial charge on any atom is -0.459 e. The van der Waals surface area contributed by atoms with E-state index in [9.17, 15) is 4.79 Å². The van der Waals surface area contributed by atoms with E-state index in [1.54, 1.807) is 6.08 Å². The van der Waals surface area contributed by atoms with Crippen molar-refractivity contribution in [3.8, 4) is 0 Å². The smallest absolute Gasteiger partial charge is 0.330 e. The molecule has 0 rings (SSSR count). The molecule has 0 heterocycles. The fourth-order valence-electron chi connectivity index (χ4n) is 0.957. The van der Waals surface area contributed by atoms with E-state index in [-0.39, 0.29) is 12.1 Å². The van der Waals surface area contributed by atoms with Gasteiger partial charge in [0.2, 0.25) is 0 Å². The molecule has 0 aromatic rings. The third-order valence-electron chi connectivity index (χ3n) is 2.12. The Balaban J connectivity index is 3.99. The maximum Gasteiger partial charge on any atom is 0.330 e. The first-order chi connectivity index (χ1) is 6.13. The molecule has 2 nitrogen and oxygen atoms in total. The van der Waals surface area contributed by atoms with E-state index < -0.39 is 0 Å². The topological polar surface area (TPSA) is 26.3 Å². The second-order valence-corrected chi connectivity index (χ2v) is 3.22. The second-order valence-electron chi connectivity index (χ2n) is 3.22. The quantitative estimate of drug-likeness (QED) is 0.485. The molecule has 0 aromatic heterocycles. The lowest BCUT2D eigenvalue weighted by Gasteiger charge is -2.12. The van der Waals surface area contributed by atoms with E-state index >= 15 is 0 Å². The summed E-state index contributed by atoms with van der Waals surface area (Å²) in [6.07, 6.45) is 4.34. The number of allylic oxidation sites excluding steroid dienone is 1. The van der Waals surface area contributed by atoms with Crippen molar-refractivity contribution in [2.75, 3.05) is 0 Å². The molecule has 0 saturated heterocycles. The summed E-state index contributed by atoms with van der Waals surface area (Å²) in [5.41, 5.74) is 1.07. The lowest BCUT2D eigenvalue weighted by Crippen LogP contribution is -2.14. The van der Waals surface area contributed by atoms with E-state index in [1.165, 1.54) is 0 Å². The van der Waals surface area contributed by atoms with Gasteiger partial charge in [0, 0.05) is 6.08 Å². The molecule has 0 amide bonds. The van der Waals surface area contributed by atoms with E-state index in [1.807, 2.05) is 27.7 Å². The summed E-state index contributed by atoms with van der Waals surface area (Å²) >= 11 is 0. The van der Waals surface area contributed by atoms with Crippen LogP contribution in [0, 0.1) is 0 Å². The normalized spacial score (nSPS) is 11.9. The van der Waals surface area contributed by atoms with Crippen molar-refractivity contribution in [1.82, 2.24) is 0 Å². The molecule has 0 saturated carbocycles. The van der Waals surface area contributed by atoms with Crippen LogP contribution < -0.4 is 0 Å². The molecule has 0 atom stereocenters. The molecular weight excluding hydrogens is 164 g/mol. The summed E-state index contributed by atoms with van der Waals surface area (Å²) in [7, 11) is 0. The van der Waals surface area contributed by atoms with Crippen LogP contribution in [0.25, 0.3) is 0 Å². The molecule has 0 aliphatic rings. The van der Waals surface area contributed by atoms with Gasteiger partial charge in [-0.25, -0.2) is 4.79 Å². The molecule has 13 heavy (non-hydrogen) atoms. The molecule has 76 valence electrons. The zero-order valence-electron chi connectivity index (χ0n) is 9.09. The molecule has 0 unspecified atom stereocenters. The fourth-order valence-corrected chi connectivity index (χ4v) is 0.957. The van der Waals surface area contributed by atoms with Crippen LogP contribution in [-0.2, 0) is 9.53 Å². The Morgan fingerprint density at radius 1 is 1.31 bits per heavy atom. The molecule has 0 N–H and O–H groups in total. The Morgan fingerprint density at radius 2 is 1.85 bits per heavy atom. The number of hydrogen-bond acceptors (Lipinski definition) is 2. The van der Waals surface area contributed by atoms with Crippen LogP contribution in [0.3, 0.4) is 0 Å². The van der Waals surface area contributed by atoms with Crippen LogP contribution in [0.1, 0.15) is 47.0 Å². The zero-order valence-corrected chi connectivity index (χ0v) is 9.09. The number of hydrogen-bond donors (Lipinski definition) is 0. The number of ether oxygens (including phenoxy) is 1. The van der Waals surface area contributed by atoms with Gasteiger partial charge in [-0.05, 0) is 26.2 Å². The molecule has 0 aliphatic heterocycles. The zero-order chi connectivity index (χ0) is 10.3. The lowest BCUT2D eigenvalue weighted by atomic mass is 10.2. The Kier molecular flexibility index (Phi) is 6.29. The lowest BCUT2D eigenvalue weighted by molar-refractivity contribution is -0.143. The van der Waals surface area contributed by atoms with Crippen LogP contribution in [0.5, 0.6) is 0 Å². The Bertz CT molecular complexity index is 179. The van der Waals surface area contributed by atoms with Gasteiger partial charge in [0.25, 0.3) is 0 Å². The Hall–Kier alpha value is -0.790. The summed E-state index contributed by atoms with van der Waals surface area (Å²) < 4.78 is 5.21. The van der Waals surface area contributed by atoms with Gasteiger partial charge in [0.1, 0.15) is 6.10 Å². The van der Waals surface area contributed by atoms with Crippen molar-refractivity contribution < 1.29 is 9.53 Å². The summed E-state index contributed by atoms with van der Waals surface area (Å²) in [6, 6.07) is 0. The first kappa shape index (κ1) is 12.2. The monoisotopic (exact) mass is 184 g/mol. The third kappa shape index (κ3) is 5.45. The Labute approximate surface area is 81.0 Å². The van der Waals surface area contributed by atoms with Gasteiger partial charge < -0.3 is 4.74 Å². The summed E-state index contributed by atoms with van der Waals surface area (Å²) in [6.45, 7) is 8.01. The van der Waals surface area contributed by atoms with Crippen LogP contribution in [0.4, 0.5) is 0 Å². The predicted molar refractivity (Wildman–Crippen MR) is 54.5 cm³/mol. The highest BCUT2D eigenvalue weighted by molar-refractivity contribution is 5.82. The summed E-state index contributed by atoms with van der Waals surface area (Å²) in [5.74, 6) is -0.201. The standard InChI is InChI=1S/C11H20O2/c1-5-9(4)8-11(12)13-10(6-2)7-3/h8,10H,5-7H2,1-4H3. The van der Waals surface area contributed by atoms with E-state index in [4.69, 9.17) is 4.74 Å². The summed E-state index contributed by atoms with van der Waals surface area (Å²) in [5, 5.41) is 0. The molecular formula is C11H20O2. The highest BCUT2D eigenvalue weighted by Crippen LogP contribution is 2.05. The molecule has 0 aliphatic carbocycles. The maximum absolute atomic E-state index is 11.2. The predicted octanol–water partition coefficient (Wildman–Crippen LogP) is 3.07. The van der Waals surface area contributed by atoms with E-state index in [0.29, 0.717) is 0 Å². The van der Waals surface area contributed by atoms with Crippen molar-refractivity contribution in [3.63, 3.8) is 0 Å². The SMILES string of the molecule is CCC(C)=CC(=O)OC(CC)CC. The first-order valence-corrected chi connectivity index (χ1v) is 5.01. The Morgan fingerprint density at radius 3 is 2.23 bits per heavy atom. The van der Waals surface area contributed by atoms with Crippen molar-refractivity contribution in [3.05, 3.63) is 11.6 Å². The van der Waals surface area contributed by atoms with Crippen LogP contribution in [-0.4, -0.2) is 12.1 Å². The van der Waals surface area contributed by atoms with Crippen LogP contribution in [0.2, 0.25) is 0 Å². The van der Waals surface area contributed by atoms with Crippen LogP contribution >= 0.6 is 0 Å². The third-order valence-corrected chi connectivity index (χ3v) is 2.12. The fraction of sp³-hybridized carbons (Fsp3) is 0.727. The molecule has 0 fully saturated rings. The van der Waals surface area contributed by atoms with Gasteiger partial charge in [0.15, 0.2) is 0 Å². The minimum atomic E-state index is -0.201. The average molecular weight is 184 g/mol. The van der Waals surface area contributed by atoms with E-state index in [2.05, 4.69) is 0 Å². The van der Waals surface area contributed by atoms with Gasteiger partial charge >= 0.3 is 5.97 Å². The van der Waals surface area contributed by atoms with Crippen molar-refractivity contribution in [1.29, 1.82) is 0 Å². The molecule has 2 heteroatoms. The average Bonchev–Trinajstić information content (AvgIpc) is 2.13. The minimum absolute atomic E-state index is 0.0772. The van der Waals surface area contributed by atoms with Gasteiger partial charge in [-0.1, -0.05) is 26.3 Å². The molecule has 0 aromatic carbocycles. The number of carbonyl (C=O) groups excluding carboxylic acids is 1. The van der Waals surface area contributed by atoms with Gasteiger partial charge in [-0.3, -0.25) is 0 Å². The summed E-state index contributed by atoms with van der Waals surface area (Å²) in [4.78, 5) is 11.2. The second kappa shape index (κ2) is 6.70. The van der Waals surface area contributed by atoms with E-state index in [0.717, 1.165) is 24.8 Å². The van der Waals surface area contributed by atoms with Gasteiger partial charge in [-0.15, -0.1) is 0 Å². The molecule has 0 spiro atoms. The number of carbonyl (C=O) groups is 1. The first-order valence-electron chi connectivity index (χ1n) is 5.01. The van der Waals surface area contributed by atoms with Crippen molar-refractivity contribution >= 4 is 5.97 Å². The van der Waals surface area contributed by atoms with Crippen molar-refractivity contribution in [2.45, 2.75) is 53.1 Å². The highest BCUT2D eigenvalue weighted by Gasteiger charge is 2.07. The van der Waals surface area contributed by atoms with Gasteiger partial charge in [0.05, 0.1) is 0 Å².